The number of pyridine rings is 2. The lowest BCUT2D eigenvalue weighted by atomic mass is 10.2. The van der Waals surface area contributed by atoms with E-state index in [4.69, 9.17) is 4.42 Å². The van der Waals surface area contributed by atoms with Crippen LogP contribution in [0.2, 0.25) is 0 Å². The van der Waals surface area contributed by atoms with Gasteiger partial charge in [-0.25, -0.2) is 13.4 Å². The molecule has 0 N–H and O–H groups in total. The Kier molecular flexibility index (Phi) is 4.48. The molecule has 0 atom stereocenters. The third kappa shape index (κ3) is 3.43. The molecule has 3 rings (SSSR count). The second-order valence-corrected chi connectivity index (χ2v) is 7.34. The highest BCUT2D eigenvalue weighted by molar-refractivity contribution is 7.91. The van der Waals surface area contributed by atoms with E-state index < -0.39 is 21.6 Å². The van der Waals surface area contributed by atoms with Gasteiger partial charge in [0.2, 0.25) is 0 Å². The molecule has 0 unspecified atom stereocenters. The highest BCUT2D eigenvalue weighted by Gasteiger charge is 2.31. The zero-order valence-electron chi connectivity index (χ0n) is 13.2. The number of aromatic nitrogens is 4. The topological polar surface area (TPSA) is 98.8 Å². The first-order valence-electron chi connectivity index (χ1n) is 7.27. The molecular formula is C15H11F3N4O3S. The molecule has 0 aliphatic heterocycles. The van der Waals surface area contributed by atoms with Crippen LogP contribution in [-0.4, -0.2) is 34.3 Å². The molecule has 0 bridgehead atoms. The number of hydrogen-bond acceptors (Lipinski definition) is 7. The zero-order chi connectivity index (χ0) is 18.9. The van der Waals surface area contributed by atoms with Gasteiger partial charge in [-0.05, 0) is 24.3 Å². The lowest BCUT2D eigenvalue weighted by Crippen LogP contribution is -2.06. The van der Waals surface area contributed by atoms with Crippen LogP contribution in [0.1, 0.15) is 12.5 Å². The molecule has 0 saturated heterocycles. The monoisotopic (exact) mass is 384 g/mol. The Hall–Kier alpha value is -2.82. The van der Waals surface area contributed by atoms with Gasteiger partial charge in [0, 0.05) is 12.4 Å². The van der Waals surface area contributed by atoms with Gasteiger partial charge in [0.25, 0.3) is 11.8 Å². The largest absolute Gasteiger partial charge is 0.417 e. The van der Waals surface area contributed by atoms with Gasteiger partial charge in [0.05, 0.1) is 16.2 Å². The van der Waals surface area contributed by atoms with Crippen LogP contribution in [0.15, 0.2) is 46.0 Å². The van der Waals surface area contributed by atoms with Crippen molar-refractivity contribution in [2.24, 2.45) is 0 Å². The Morgan fingerprint density at radius 3 is 2.42 bits per heavy atom. The summed E-state index contributed by atoms with van der Waals surface area (Å²) in [7, 11) is -3.59. The first-order chi connectivity index (χ1) is 12.2. The summed E-state index contributed by atoms with van der Waals surface area (Å²) in [5.41, 5.74) is -0.922. The molecule has 7 nitrogen and oxygen atoms in total. The Labute approximate surface area is 145 Å². The molecule has 0 amide bonds. The quantitative estimate of drug-likeness (QED) is 0.682. The first-order valence-corrected chi connectivity index (χ1v) is 8.93. The number of rotatable bonds is 4. The van der Waals surface area contributed by atoms with Gasteiger partial charge in [0.1, 0.15) is 11.4 Å². The lowest BCUT2D eigenvalue weighted by Gasteiger charge is -2.05. The molecular weight excluding hydrogens is 373 g/mol. The summed E-state index contributed by atoms with van der Waals surface area (Å²) in [6.07, 6.45) is -2.50. The van der Waals surface area contributed by atoms with Crippen LogP contribution in [0.25, 0.3) is 23.2 Å². The van der Waals surface area contributed by atoms with E-state index in [1.54, 1.807) is 0 Å². The van der Waals surface area contributed by atoms with E-state index in [-0.39, 0.29) is 33.8 Å². The highest BCUT2D eigenvalue weighted by atomic mass is 32.2. The van der Waals surface area contributed by atoms with Crippen molar-refractivity contribution in [3.8, 4) is 23.2 Å². The molecule has 0 radical (unpaired) electrons. The summed E-state index contributed by atoms with van der Waals surface area (Å²) < 4.78 is 67.4. The van der Waals surface area contributed by atoms with Crippen LogP contribution in [0, 0.1) is 0 Å². The third-order valence-electron chi connectivity index (χ3n) is 3.42. The van der Waals surface area contributed by atoms with E-state index >= 15 is 0 Å². The number of alkyl halides is 3. The molecule has 0 fully saturated rings. The van der Waals surface area contributed by atoms with E-state index in [0.717, 1.165) is 12.1 Å². The Bertz CT molecular complexity index is 1030. The zero-order valence-corrected chi connectivity index (χ0v) is 14.0. The number of sulfone groups is 1. The average Bonchev–Trinajstić information content (AvgIpc) is 3.11. The van der Waals surface area contributed by atoms with Gasteiger partial charge in [-0.2, -0.15) is 13.2 Å². The molecule has 136 valence electrons. The maximum Gasteiger partial charge on any atom is 0.417 e. The van der Waals surface area contributed by atoms with Crippen molar-refractivity contribution in [3.05, 3.63) is 42.2 Å². The van der Waals surface area contributed by atoms with Gasteiger partial charge < -0.3 is 4.42 Å². The Morgan fingerprint density at radius 2 is 1.81 bits per heavy atom. The molecule has 0 saturated carbocycles. The molecule has 26 heavy (non-hydrogen) atoms. The van der Waals surface area contributed by atoms with E-state index in [9.17, 15) is 21.6 Å². The van der Waals surface area contributed by atoms with Crippen molar-refractivity contribution in [2.45, 2.75) is 18.0 Å². The number of hydrogen-bond donors (Lipinski definition) is 0. The molecule has 0 aromatic carbocycles. The lowest BCUT2D eigenvalue weighted by molar-refractivity contribution is -0.137. The van der Waals surface area contributed by atoms with Gasteiger partial charge in [-0.3, -0.25) is 4.98 Å². The summed E-state index contributed by atoms with van der Waals surface area (Å²) in [5.74, 6) is -0.471. The van der Waals surface area contributed by atoms with Crippen LogP contribution in [-0.2, 0) is 16.0 Å². The predicted molar refractivity (Wildman–Crippen MR) is 83.5 cm³/mol. The van der Waals surface area contributed by atoms with Crippen molar-refractivity contribution in [3.63, 3.8) is 0 Å². The van der Waals surface area contributed by atoms with E-state index in [1.165, 1.54) is 25.3 Å². The van der Waals surface area contributed by atoms with E-state index in [0.29, 0.717) is 6.20 Å². The molecule has 3 aromatic rings. The van der Waals surface area contributed by atoms with Gasteiger partial charge in [-0.15, -0.1) is 10.2 Å². The number of nitrogens with zero attached hydrogens (tertiary/aromatic N) is 4. The van der Waals surface area contributed by atoms with E-state index in [2.05, 4.69) is 20.2 Å². The molecule has 0 aliphatic carbocycles. The van der Waals surface area contributed by atoms with Crippen molar-refractivity contribution < 1.29 is 26.0 Å². The van der Waals surface area contributed by atoms with Crippen LogP contribution in [0.5, 0.6) is 0 Å². The van der Waals surface area contributed by atoms with Crippen LogP contribution >= 0.6 is 0 Å². The minimum atomic E-state index is -4.51. The second kappa shape index (κ2) is 6.48. The van der Waals surface area contributed by atoms with Crippen LogP contribution in [0.3, 0.4) is 0 Å². The van der Waals surface area contributed by atoms with Crippen molar-refractivity contribution in [1.82, 2.24) is 20.2 Å². The fraction of sp³-hybridized carbons (Fsp3) is 0.200. The van der Waals surface area contributed by atoms with Gasteiger partial charge in [0.15, 0.2) is 9.84 Å². The maximum atomic E-state index is 12.6. The fourth-order valence-electron chi connectivity index (χ4n) is 2.07. The van der Waals surface area contributed by atoms with Crippen molar-refractivity contribution in [2.75, 3.05) is 5.75 Å². The fourth-order valence-corrected chi connectivity index (χ4v) is 3.10. The summed E-state index contributed by atoms with van der Waals surface area (Å²) in [6, 6.07) is 4.74. The first kappa shape index (κ1) is 18.0. The van der Waals surface area contributed by atoms with Gasteiger partial charge >= 0.3 is 6.18 Å². The predicted octanol–water partition coefficient (Wildman–Crippen LogP) is 3.01. The van der Waals surface area contributed by atoms with E-state index in [1.807, 2.05) is 0 Å². The number of halogens is 3. The van der Waals surface area contributed by atoms with Gasteiger partial charge in [-0.1, -0.05) is 6.92 Å². The van der Waals surface area contributed by atoms with Crippen molar-refractivity contribution in [1.29, 1.82) is 0 Å². The Balaban J connectivity index is 2.00. The summed E-state index contributed by atoms with van der Waals surface area (Å²) in [4.78, 5) is 7.56. The van der Waals surface area contributed by atoms with Crippen LogP contribution in [0.4, 0.5) is 13.2 Å². The molecule has 3 aromatic heterocycles. The summed E-state index contributed by atoms with van der Waals surface area (Å²) in [5, 5.41) is 7.45. The molecule has 0 spiro atoms. The second-order valence-electron chi connectivity index (χ2n) is 5.10. The highest BCUT2D eigenvalue weighted by Crippen LogP contribution is 2.30. The minimum absolute atomic E-state index is 0.0209. The van der Waals surface area contributed by atoms with Crippen molar-refractivity contribution >= 4 is 9.84 Å². The normalized spacial score (nSPS) is 12.3. The minimum Gasteiger partial charge on any atom is -0.413 e. The van der Waals surface area contributed by atoms with Crippen LogP contribution < -0.4 is 0 Å². The average molecular weight is 384 g/mol. The Morgan fingerprint density at radius 1 is 1.08 bits per heavy atom. The molecule has 3 heterocycles. The SMILES string of the molecule is CCS(=O)(=O)c1cccnc1-c1nnc(-c2ccc(C(F)(F)F)cn2)o1. The molecule has 0 aliphatic rings. The maximum absolute atomic E-state index is 12.6. The summed E-state index contributed by atoms with van der Waals surface area (Å²) >= 11 is 0. The third-order valence-corrected chi connectivity index (χ3v) is 5.18. The molecule has 11 heteroatoms. The standard InChI is InChI=1S/C15H11F3N4O3S/c1-2-26(23,24)11-4-3-7-19-12(11)14-22-21-13(25-14)10-6-5-9(8-20-10)15(16,17)18/h3-8H,2H2,1H3. The summed E-state index contributed by atoms with van der Waals surface area (Å²) in [6.45, 7) is 1.48. The smallest absolute Gasteiger partial charge is 0.413 e.